The highest BCUT2D eigenvalue weighted by atomic mass is 16.4. The van der Waals surface area contributed by atoms with Gasteiger partial charge in [-0.1, -0.05) is 20.8 Å². The van der Waals surface area contributed by atoms with Gasteiger partial charge < -0.3 is 5.11 Å². The summed E-state index contributed by atoms with van der Waals surface area (Å²) < 4.78 is 0. The van der Waals surface area contributed by atoms with Crippen LogP contribution in [0.15, 0.2) is 0 Å². The fourth-order valence-corrected chi connectivity index (χ4v) is 1.74. The van der Waals surface area contributed by atoms with E-state index >= 15 is 0 Å². The van der Waals surface area contributed by atoms with Crippen molar-refractivity contribution in [2.45, 2.75) is 40.0 Å². The molecule has 1 rings (SSSR count). The van der Waals surface area contributed by atoms with Gasteiger partial charge in [-0.2, -0.15) is 0 Å². The zero-order chi connectivity index (χ0) is 8.70. The van der Waals surface area contributed by atoms with Crippen molar-refractivity contribution in [3.63, 3.8) is 0 Å². The number of carboxylic acids is 1. The third-order valence-corrected chi connectivity index (χ3v) is 3.23. The largest absolute Gasteiger partial charge is 0.481 e. The first kappa shape index (κ1) is 8.57. The molecule has 2 heteroatoms. The van der Waals surface area contributed by atoms with Crippen LogP contribution in [-0.4, -0.2) is 11.1 Å². The molecule has 0 aliphatic heterocycles. The van der Waals surface area contributed by atoms with E-state index in [0.29, 0.717) is 17.3 Å². The summed E-state index contributed by atoms with van der Waals surface area (Å²) in [5.74, 6) is -0.672. The number of hydrogen-bond acceptors (Lipinski definition) is 1. The fraction of sp³-hybridized carbons (Fsp3) is 0.889. The van der Waals surface area contributed by atoms with Gasteiger partial charge in [-0.25, -0.2) is 0 Å². The highest BCUT2D eigenvalue weighted by Crippen LogP contribution is 2.65. The van der Waals surface area contributed by atoms with Crippen LogP contribution in [0.1, 0.15) is 40.0 Å². The first-order valence-electron chi connectivity index (χ1n) is 4.09. The van der Waals surface area contributed by atoms with E-state index in [0.717, 1.165) is 6.42 Å². The monoisotopic (exact) mass is 156 g/mol. The zero-order valence-electron chi connectivity index (χ0n) is 7.48. The van der Waals surface area contributed by atoms with E-state index in [9.17, 15) is 4.79 Å². The third kappa shape index (κ3) is 1.55. The molecular weight excluding hydrogens is 140 g/mol. The van der Waals surface area contributed by atoms with Gasteiger partial charge in [-0.05, 0) is 23.7 Å². The van der Waals surface area contributed by atoms with Crippen molar-refractivity contribution in [1.29, 1.82) is 0 Å². The smallest absolute Gasteiger partial charge is 0.303 e. The second-order valence-corrected chi connectivity index (χ2v) is 4.52. The topological polar surface area (TPSA) is 37.3 Å². The van der Waals surface area contributed by atoms with Gasteiger partial charge in [0.2, 0.25) is 0 Å². The lowest BCUT2D eigenvalue weighted by molar-refractivity contribution is -0.137. The average Bonchev–Trinajstić information content (AvgIpc) is 2.29. The van der Waals surface area contributed by atoms with Crippen LogP contribution in [0, 0.1) is 10.8 Å². The lowest BCUT2D eigenvalue weighted by atomic mass is 9.93. The molecule has 1 N–H and O–H groups in total. The second-order valence-electron chi connectivity index (χ2n) is 4.52. The summed E-state index contributed by atoms with van der Waals surface area (Å²) in [6.07, 6.45) is 2.32. The van der Waals surface area contributed by atoms with E-state index in [4.69, 9.17) is 5.11 Å². The SMILES string of the molecule is CC1(C)CC1(C)CCC(=O)O. The Morgan fingerprint density at radius 1 is 1.45 bits per heavy atom. The van der Waals surface area contributed by atoms with Crippen molar-refractivity contribution < 1.29 is 9.90 Å². The summed E-state index contributed by atoms with van der Waals surface area (Å²) in [7, 11) is 0. The number of aliphatic carboxylic acids is 1. The summed E-state index contributed by atoms with van der Waals surface area (Å²) in [6.45, 7) is 6.58. The van der Waals surface area contributed by atoms with E-state index in [1.54, 1.807) is 0 Å². The predicted molar refractivity (Wildman–Crippen MR) is 43.4 cm³/mol. The van der Waals surface area contributed by atoms with Crippen LogP contribution in [0.3, 0.4) is 0 Å². The molecule has 0 amide bonds. The van der Waals surface area contributed by atoms with Crippen molar-refractivity contribution in [2.24, 2.45) is 10.8 Å². The van der Waals surface area contributed by atoms with Crippen LogP contribution >= 0.6 is 0 Å². The number of rotatable bonds is 3. The molecule has 0 aromatic heterocycles. The third-order valence-electron chi connectivity index (χ3n) is 3.23. The molecular formula is C9H16O2. The van der Waals surface area contributed by atoms with Gasteiger partial charge >= 0.3 is 5.97 Å². The van der Waals surface area contributed by atoms with E-state index in [2.05, 4.69) is 20.8 Å². The Labute approximate surface area is 67.6 Å². The number of carboxylic acid groups (broad SMARTS) is 1. The first-order valence-corrected chi connectivity index (χ1v) is 4.09. The molecule has 64 valence electrons. The van der Waals surface area contributed by atoms with Crippen LogP contribution in [0.5, 0.6) is 0 Å². The molecule has 0 saturated heterocycles. The molecule has 0 bridgehead atoms. The molecule has 1 aliphatic rings. The van der Waals surface area contributed by atoms with Crippen LogP contribution in [-0.2, 0) is 4.79 Å². The van der Waals surface area contributed by atoms with E-state index in [1.165, 1.54) is 6.42 Å². The van der Waals surface area contributed by atoms with E-state index < -0.39 is 5.97 Å². The van der Waals surface area contributed by atoms with Gasteiger partial charge in [0.1, 0.15) is 0 Å². The van der Waals surface area contributed by atoms with Crippen LogP contribution in [0.25, 0.3) is 0 Å². The second kappa shape index (κ2) is 2.23. The molecule has 0 radical (unpaired) electrons. The molecule has 1 fully saturated rings. The Morgan fingerprint density at radius 2 is 1.91 bits per heavy atom. The lowest BCUT2D eigenvalue weighted by Gasteiger charge is -2.12. The van der Waals surface area contributed by atoms with Gasteiger partial charge in [0.25, 0.3) is 0 Å². The quantitative estimate of drug-likeness (QED) is 0.680. The zero-order valence-corrected chi connectivity index (χ0v) is 7.48. The Bertz CT molecular complexity index is 184. The van der Waals surface area contributed by atoms with Gasteiger partial charge in [0, 0.05) is 6.42 Å². The van der Waals surface area contributed by atoms with E-state index in [1.807, 2.05) is 0 Å². The molecule has 1 aliphatic carbocycles. The Morgan fingerprint density at radius 3 is 2.18 bits per heavy atom. The molecule has 2 nitrogen and oxygen atoms in total. The number of hydrogen-bond donors (Lipinski definition) is 1. The van der Waals surface area contributed by atoms with Gasteiger partial charge in [-0.15, -0.1) is 0 Å². The predicted octanol–water partition coefficient (Wildman–Crippen LogP) is 2.29. The van der Waals surface area contributed by atoms with Crippen molar-refractivity contribution in [1.82, 2.24) is 0 Å². The van der Waals surface area contributed by atoms with Crippen LogP contribution < -0.4 is 0 Å². The molecule has 0 spiro atoms. The van der Waals surface area contributed by atoms with Gasteiger partial charge in [0.05, 0.1) is 0 Å². The highest BCUT2D eigenvalue weighted by Gasteiger charge is 2.56. The van der Waals surface area contributed by atoms with Crippen molar-refractivity contribution in [2.75, 3.05) is 0 Å². The van der Waals surface area contributed by atoms with Crippen molar-refractivity contribution in [3.8, 4) is 0 Å². The summed E-state index contributed by atoms with van der Waals surface area (Å²) in [6, 6.07) is 0. The van der Waals surface area contributed by atoms with Crippen molar-refractivity contribution >= 4 is 5.97 Å². The lowest BCUT2D eigenvalue weighted by Crippen LogP contribution is -2.06. The molecule has 11 heavy (non-hydrogen) atoms. The fourth-order valence-electron chi connectivity index (χ4n) is 1.74. The highest BCUT2D eigenvalue weighted by molar-refractivity contribution is 5.66. The minimum Gasteiger partial charge on any atom is -0.481 e. The molecule has 0 aromatic carbocycles. The Hall–Kier alpha value is -0.530. The maximum atomic E-state index is 10.3. The van der Waals surface area contributed by atoms with E-state index in [-0.39, 0.29) is 0 Å². The first-order chi connectivity index (χ1) is 4.87. The summed E-state index contributed by atoms with van der Waals surface area (Å²) in [4.78, 5) is 10.3. The maximum Gasteiger partial charge on any atom is 0.303 e. The van der Waals surface area contributed by atoms with Crippen LogP contribution in [0.2, 0.25) is 0 Å². The van der Waals surface area contributed by atoms with Crippen molar-refractivity contribution in [3.05, 3.63) is 0 Å². The molecule has 1 atom stereocenters. The summed E-state index contributed by atoms with van der Waals surface area (Å²) in [5.41, 5.74) is 0.674. The molecule has 1 saturated carbocycles. The minimum absolute atomic E-state index is 0.297. The standard InChI is InChI=1S/C9H16O2/c1-8(2)6-9(8,3)5-4-7(10)11/h4-6H2,1-3H3,(H,10,11). The average molecular weight is 156 g/mol. The minimum atomic E-state index is -0.672. The molecule has 0 heterocycles. The number of carbonyl (C=O) groups is 1. The Kier molecular flexibility index (Phi) is 1.73. The Balaban J connectivity index is 2.35. The molecule has 1 unspecified atom stereocenters. The summed E-state index contributed by atoms with van der Waals surface area (Å²) in [5, 5.41) is 8.47. The normalized spacial score (nSPS) is 33.4. The van der Waals surface area contributed by atoms with Crippen LogP contribution in [0.4, 0.5) is 0 Å². The van der Waals surface area contributed by atoms with Gasteiger partial charge in [-0.3, -0.25) is 4.79 Å². The molecule has 0 aromatic rings. The van der Waals surface area contributed by atoms with Gasteiger partial charge in [0.15, 0.2) is 0 Å². The summed E-state index contributed by atoms with van der Waals surface area (Å²) >= 11 is 0. The maximum absolute atomic E-state index is 10.3.